The Hall–Kier alpha value is -2.22. The Kier molecular flexibility index (Phi) is 4.66. The SMILES string of the molecule is O=C1/C(=C\c2ccccc2[N+](=O)[O-])SC(=S)N1c1cccc(Cl)c1. The van der Waals surface area contributed by atoms with Gasteiger partial charge in [-0.05, 0) is 30.3 Å². The minimum absolute atomic E-state index is 0.0643. The van der Waals surface area contributed by atoms with Gasteiger partial charge < -0.3 is 0 Å². The fourth-order valence-corrected chi connectivity index (χ4v) is 3.70. The topological polar surface area (TPSA) is 63.4 Å². The van der Waals surface area contributed by atoms with Crippen LogP contribution in [0.1, 0.15) is 5.56 Å². The Labute approximate surface area is 152 Å². The molecule has 1 heterocycles. The fraction of sp³-hybridized carbons (Fsp3) is 0. The Morgan fingerprint density at radius 2 is 1.96 bits per heavy atom. The molecule has 8 heteroatoms. The van der Waals surface area contributed by atoms with Crippen molar-refractivity contribution in [3.63, 3.8) is 0 Å². The summed E-state index contributed by atoms with van der Waals surface area (Å²) < 4.78 is 0.354. The average molecular weight is 377 g/mol. The number of carbonyl (C=O) groups excluding carboxylic acids is 1. The predicted molar refractivity (Wildman–Crippen MR) is 100 cm³/mol. The van der Waals surface area contributed by atoms with Crippen molar-refractivity contribution in [1.82, 2.24) is 0 Å². The van der Waals surface area contributed by atoms with Gasteiger partial charge in [0, 0.05) is 11.1 Å². The number of para-hydroxylation sites is 1. The number of hydrogen-bond acceptors (Lipinski definition) is 5. The molecule has 0 bridgehead atoms. The molecular formula is C16H9ClN2O3S2. The molecule has 1 saturated heterocycles. The lowest BCUT2D eigenvalue weighted by Gasteiger charge is -2.14. The van der Waals surface area contributed by atoms with Crippen LogP contribution in [0.15, 0.2) is 53.4 Å². The van der Waals surface area contributed by atoms with Gasteiger partial charge in [0.1, 0.15) is 0 Å². The normalized spacial score (nSPS) is 16.0. The van der Waals surface area contributed by atoms with E-state index in [1.165, 1.54) is 17.0 Å². The van der Waals surface area contributed by atoms with Gasteiger partial charge in [0.25, 0.3) is 11.6 Å². The Morgan fingerprint density at radius 3 is 2.67 bits per heavy atom. The number of nitrogens with zero attached hydrogens (tertiary/aromatic N) is 2. The van der Waals surface area contributed by atoms with Crippen LogP contribution in [0.25, 0.3) is 6.08 Å². The number of rotatable bonds is 3. The number of nitro groups is 1. The third-order valence-corrected chi connectivity index (χ3v) is 4.82. The van der Waals surface area contributed by atoms with Crippen molar-refractivity contribution in [2.45, 2.75) is 0 Å². The molecular weight excluding hydrogens is 368 g/mol. The number of halogens is 1. The summed E-state index contributed by atoms with van der Waals surface area (Å²) in [5.74, 6) is -0.328. The van der Waals surface area contributed by atoms with E-state index >= 15 is 0 Å². The van der Waals surface area contributed by atoms with E-state index in [0.29, 0.717) is 25.5 Å². The maximum absolute atomic E-state index is 12.6. The molecule has 0 atom stereocenters. The first-order valence-corrected chi connectivity index (χ1v) is 8.34. The number of carbonyl (C=O) groups is 1. The van der Waals surface area contributed by atoms with Crippen LogP contribution in [0.5, 0.6) is 0 Å². The van der Waals surface area contributed by atoms with E-state index in [-0.39, 0.29) is 11.6 Å². The highest BCUT2D eigenvalue weighted by molar-refractivity contribution is 8.27. The van der Waals surface area contributed by atoms with Crippen LogP contribution in [0.4, 0.5) is 11.4 Å². The van der Waals surface area contributed by atoms with Crippen LogP contribution in [0.2, 0.25) is 5.02 Å². The minimum Gasteiger partial charge on any atom is -0.268 e. The molecule has 24 heavy (non-hydrogen) atoms. The van der Waals surface area contributed by atoms with E-state index in [1.807, 2.05) is 0 Å². The van der Waals surface area contributed by atoms with Gasteiger partial charge in [-0.3, -0.25) is 19.8 Å². The van der Waals surface area contributed by atoms with E-state index in [1.54, 1.807) is 42.5 Å². The van der Waals surface area contributed by atoms with Gasteiger partial charge in [0.05, 0.1) is 21.1 Å². The molecule has 2 aromatic carbocycles. The molecule has 3 rings (SSSR count). The van der Waals surface area contributed by atoms with Gasteiger partial charge in [0.2, 0.25) is 0 Å². The molecule has 0 spiro atoms. The summed E-state index contributed by atoms with van der Waals surface area (Å²) in [6.45, 7) is 0. The van der Waals surface area contributed by atoms with Crippen LogP contribution >= 0.6 is 35.6 Å². The highest BCUT2D eigenvalue weighted by Crippen LogP contribution is 2.37. The van der Waals surface area contributed by atoms with Crippen LogP contribution in [-0.4, -0.2) is 15.2 Å². The molecule has 1 aliphatic rings. The quantitative estimate of drug-likeness (QED) is 0.337. The largest absolute Gasteiger partial charge is 0.276 e. The second kappa shape index (κ2) is 6.72. The molecule has 0 radical (unpaired) electrons. The molecule has 0 aliphatic carbocycles. The predicted octanol–water partition coefficient (Wildman–Crippen LogP) is 4.65. The monoisotopic (exact) mass is 376 g/mol. The summed E-state index contributed by atoms with van der Waals surface area (Å²) in [6.07, 6.45) is 1.49. The van der Waals surface area contributed by atoms with Crippen molar-refractivity contribution < 1.29 is 9.72 Å². The summed E-state index contributed by atoms with van der Waals surface area (Å²) in [6, 6.07) is 13.0. The highest BCUT2D eigenvalue weighted by Gasteiger charge is 2.33. The van der Waals surface area contributed by atoms with E-state index < -0.39 is 4.92 Å². The molecule has 0 saturated carbocycles. The van der Waals surface area contributed by atoms with E-state index in [4.69, 9.17) is 23.8 Å². The minimum atomic E-state index is -0.483. The van der Waals surface area contributed by atoms with Crippen LogP contribution in [0, 0.1) is 10.1 Å². The fourth-order valence-electron chi connectivity index (χ4n) is 2.22. The van der Waals surface area contributed by atoms with Crippen molar-refractivity contribution in [3.05, 3.63) is 74.1 Å². The van der Waals surface area contributed by atoms with E-state index in [2.05, 4.69) is 0 Å². The zero-order valence-corrected chi connectivity index (χ0v) is 14.4. The molecule has 5 nitrogen and oxygen atoms in total. The second-order valence-corrected chi connectivity index (χ2v) is 6.93. The molecule has 1 amide bonds. The number of nitro benzene ring substituents is 1. The second-order valence-electron chi connectivity index (χ2n) is 4.81. The van der Waals surface area contributed by atoms with Crippen molar-refractivity contribution in [1.29, 1.82) is 0 Å². The Balaban J connectivity index is 1.99. The lowest BCUT2D eigenvalue weighted by molar-refractivity contribution is -0.385. The van der Waals surface area contributed by atoms with Gasteiger partial charge in [-0.15, -0.1) is 0 Å². The van der Waals surface area contributed by atoms with Crippen molar-refractivity contribution in [3.8, 4) is 0 Å². The van der Waals surface area contributed by atoms with Crippen LogP contribution < -0.4 is 4.90 Å². The molecule has 1 fully saturated rings. The molecule has 1 aliphatic heterocycles. The number of amides is 1. The third-order valence-electron chi connectivity index (χ3n) is 3.28. The van der Waals surface area contributed by atoms with E-state index in [0.717, 1.165) is 11.8 Å². The molecule has 2 aromatic rings. The van der Waals surface area contributed by atoms with Crippen molar-refractivity contribution >= 4 is 63.3 Å². The summed E-state index contributed by atoms with van der Waals surface area (Å²) >= 11 is 12.3. The first-order valence-electron chi connectivity index (χ1n) is 6.74. The maximum atomic E-state index is 12.6. The number of benzene rings is 2. The van der Waals surface area contributed by atoms with Gasteiger partial charge in [-0.2, -0.15) is 0 Å². The van der Waals surface area contributed by atoms with Gasteiger partial charge in [-0.1, -0.05) is 53.8 Å². The Morgan fingerprint density at radius 1 is 1.21 bits per heavy atom. The lowest BCUT2D eigenvalue weighted by atomic mass is 10.1. The van der Waals surface area contributed by atoms with Crippen LogP contribution in [0.3, 0.4) is 0 Å². The smallest absolute Gasteiger partial charge is 0.268 e. The lowest BCUT2D eigenvalue weighted by Crippen LogP contribution is -2.27. The van der Waals surface area contributed by atoms with Gasteiger partial charge >= 0.3 is 0 Å². The molecule has 0 N–H and O–H groups in total. The number of thiocarbonyl (C=S) groups is 1. The third kappa shape index (κ3) is 3.19. The van der Waals surface area contributed by atoms with Gasteiger partial charge in [0.15, 0.2) is 4.32 Å². The number of hydrogen-bond donors (Lipinski definition) is 0. The first kappa shape index (κ1) is 16.6. The summed E-state index contributed by atoms with van der Waals surface area (Å²) in [4.78, 5) is 25.0. The number of thioether (sulfide) groups is 1. The molecule has 0 unspecified atom stereocenters. The van der Waals surface area contributed by atoms with Crippen molar-refractivity contribution in [2.75, 3.05) is 4.90 Å². The van der Waals surface area contributed by atoms with E-state index in [9.17, 15) is 14.9 Å². The van der Waals surface area contributed by atoms with Crippen molar-refractivity contribution in [2.24, 2.45) is 0 Å². The zero-order chi connectivity index (χ0) is 17.3. The zero-order valence-electron chi connectivity index (χ0n) is 12.0. The molecule has 120 valence electrons. The summed E-state index contributed by atoms with van der Waals surface area (Å²) in [5.41, 5.74) is 0.857. The van der Waals surface area contributed by atoms with Gasteiger partial charge in [-0.25, -0.2) is 0 Å². The maximum Gasteiger partial charge on any atom is 0.276 e. The first-order chi connectivity index (χ1) is 11.5. The highest BCUT2D eigenvalue weighted by atomic mass is 35.5. The Bertz CT molecular complexity index is 898. The molecule has 0 aromatic heterocycles. The summed E-state index contributed by atoms with van der Waals surface area (Å²) in [5, 5.41) is 11.6. The van der Waals surface area contributed by atoms with Crippen LogP contribution in [-0.2, 0) is 4.79 Å². The number of anilines is 1. The summed E-state index contributed by atoms with van der Waals surface area (Å²) in [7, 11) is 0. The standard InChI is InChI=1S/C16H9ClN2O3S2/c17-11-5-3-6-12(9-11)18-15(20)14(24-16(18)23)8-10-4-1-2-7-13(10)19(21)22/h1-9H/b14-8+. The average Bonchev–Trinajstić information content (AvgIpc) is 2.81.